The van der Waals surface area contributed by atoms with Gasteiger partial charge < -0.3 is 10.6 Å². The number of likely N-dealkylation sites (N-methyl/N-ethyl adjacent to an activating group) is 2. The molecule has 0 saturated heterocycles. The highest BCUT2D eigenvalue weighted by molar-refractivity contribution is 7.89. The van der Waals surface area contributed by atoms with E-state index in [-0.39, 0.29) is 23.9 Å². The first-order chi connectivity index (χ1) is 9.88. The summed E-state index contributed by atoms with van der Waals surface area (Å²) in [6, 6.07) is 2.98. The molecule has 0 aliphatic rings. The van der Waals surface area contributed by atoms with Gasteiger partial charge in [0.05, 0.1) is 12.2 Å². The minimum atomic E-state index is -3.78. The van der Waals surface area contributed by atoms with Crippen molar-refractivity contribution in [3.05, 3.63) is 24.0 Å². The summed E-state index contributed by atoms with van der Waals surface area (Å²) in [5, 5.41) is 0. The summed E-state index contributed by atoms with van der Waals surface area (Å²) in [6.07, 6.45) is 1.49. The normalized spacial score (nSPS) is 11.7. The number of nitrogens with zero attached hydrogens (tertiary/aromatic N) is 3. The number of hydrogen-bond acceptors (Lipinski definition) is 5. The van der Waals surface area contributed by atoms with E-state index in [1.807, 2.05) is 13.8 Å². The summed E-state index contributed by atoms with van der Waals surface area (Å²) in [5.74, 6) is -0.232. The Hall–Kier alpha value is -1.51. The van der Waals surface area contributed by atoms with E-state index in [2.05, 4.69) is 4.98 Å². The zero-order chi connectivity index (χ0) is 16.0. The maximum Gasteiger partial charge on any atom is 0.245 e. The van der Waals surface area contributed by atoms with Gasteiger partial charge in [0, 0.05) is 32.9 Å². The molecule has 118 valence electrons. The Morgan fingerprint density at radius 1 is 1.33 bits per heavy atom. The Morgan fingerprint density at radius 3 is 2.48 bits per heavy atom. The van der Waals surface area contributed by atoms with Gasteiger partial charge in [0.1, 0.15) is 4.90 Å². The Balaban J connectivity index is 3.00. The topological polar surface area (TPSA) is 96.6 Å². The third kappa shape index (κ3) is 3.99. The van der Waals surface area contributed by atoms with E-state index < -0.39 is 10.0 Å². The van der Waals surface area contributed by atoms with Crippen LogP contribution in [0.5, 0.6) is 0 Å². The molecule has 0 atom stereocenters. The smallest absolute Gasteiger partial charge is 0.245 e. The molecule has 0 fully saturated rings. The lowest BCUT2D eigenvalue weighted by atomic mass is 10.3. The first-order valence-corrected chi connectivity index (χ1v) is 8.20. The second-order valence-corrected chi connectivity index (χ2v) is 6.49. The maximum atomic E-state index is 12.5. The van der Waals surface area contributed by atoms with E-state index in [9.17, 15) is 13.2 Å². The molecule has 1 aromatic heterocycles. The molecule has 0 spiro atoms. The van der Waals surface area contributed by atoms with Crippen LogP contribution in [-0.2, 0) is 21.4 Å². The molecule has 8 heteroatoms. The van der Waals surface area contributed by atoms with Gasteiger partial charge in [0.25, 0.3) is 0 Å². The van der Waals surface area contributed by atoms with E-state index in [4.69, 9.17) is 5.73 Å². The van der Waals surface area contributed by atoms with Gasteiger partial charge in [-0.3, -0.25) is 9.78 Å². The maximum absolute atomic E-state index is 12.5. The first-order valence-electron chi connectivity index (χ1n) is 6.76. The zero-order valence-electron chi connectivity index (χ0n) is 12.6. The van der Waals surface area contributed by atoms with Crippen LogP contribution < -0.4 is 5.73 Å². The summed E-state index contributed by atoms with van der Waals surface area (Å²) in [5.41, 5.74) is 5.81. The van der Waals surface area contributed by atoms with E-state index >= 15 is 0 Å². The molecule has 0 aliphatic carbocycles. The molecule has 0 aliphatic heterocycles. The summed E-state index contributed by atoms with van der Waals surface area (Å²) in [7, 11) is -2.40. The number of carbonyl (C=O) groups excluding carboxylic acids is 1. The van der Waals surface area contributed by atoms with Crippen LogP contribution in [0.3, 0.4) is 0 Å². The van der Waals surface area contributed by atoms with Gasteiger partial charge in [-0.15, -0.1) is 0 Å². The lowest BCUT2D eigenvalue weighted by molar-refractivity contribution is -0.130. The quantitative estimate of drug-likeness (QED) is 0.766. The van der Waals surface area contributed by atoms with Gasteiger partial charge in [-0.1, -0.05) is 0 Å². The number of nitrogens with two attached hydrogens (primary N) is 1. The number of hydrogen-bond donors (Lipinski definition) is 1. The van der Waals surface area contributed by atoms with Gasteiger partial charge in [-0.25, -0.2) is 8.42 Å². The molecule has 1 amide bonds. The van der Waals surface area contributed by atoms with Crippen LogP contribution in [0.25, 0.3) is 0 Å². The molecule has 1 aromatic rings. The van der Waals surface area contributed by atoms with Crippen LogP contribution in [0.15, 0.2) is 23.2 Å². The first kappa shape index (κ1) is 17.5. The molecule has 7 nitrogen and oxygen atoms in total. The third-order valence-electron chi connectivity index (χ3n) is 3.20. The minimum Gasteiger partial charge on any atom is -0.342 e. The van der Waals surface area contributed by atoms with E-state index in [1.54, 1.807) is 4.90 Å². The molecule has 0 saturated carbocycles. The third-order valence-corrected chi connectivity index (χ3v) is 5.08. The fourth-order valence-electron chi connectivity index (χ4n) is 1.93. The molecule has 0 unspecified atom stereocenters. The van der Waals surface area contributed by atoms with Crippen molar-refractivity contribution in [1.82, 2.24) is 14.2 Å². The van der Waals surface area contributed by atoms with Crippen LogP contribution in [0.1, 0.15) is 19.5 Å². The van der Waals surface area contributed by atoms with Crippen LogP contribution >= 0.6 is 0 Å². The molecular weight excluding hydrogens is 292 g/mol. The minimum absolute atomic E-state index is 0.0211. The Morgan fingerprint density at radius 2 is 1.95 bits per heavy atom. The highest BCUT2D eigenvalue weighted by Gasteiger charge is 2.26. The number of rotatable bonds is 7. The van der Waals surface area contributed by atoms with Crippen molar-refractivity contribution < 1.29 is 13.2 Å². The van der Waals surface area contributed by atoms with E-state index in [0.29, 0.717) is 18.8 Å². The highest BCUT2D eigenvalue weighted by atomic mass is 32.2. The monoisotopic (exact) mass is 314 g/mol. The SMILES string of the molecule is CCN(CC)C(=O)CN(C)S(=O)(=O)c1cccnc1CN. The zero-order valence-corrected chi connectivity index (χ0v) is 13.4. The standard InChI is InChI=1S/C13H22N4O3S/c1-4-17(5-2)13(18)10-16(3)21(19,20)12-7-6-8-15-11(12)9-14/h6-8H,4-5,9-10,14H2,1-3H3. The van der Waals surface area contributed by atoms with Crippen molar-refractivity contribution in [2.75, 3.05) is 26.7 Å². The molecular formula is C13H22N4O3S. The number of sulfonamides is 1. The fraction of sp³-hybridized carbons (Fsp3) is 0.538. The molecule has 0 radical (unpaired) electrons. The number of aromatic nitrogens is 1. The lowest BCUT2D eigenvalue weighted by Gasteiger charge is -2.23. The number of amides is 1. The van der Waals surface area contributed by atoms with Crippen LogP contribution in [-0.4, -0.2) is 55.2 Å². The second kappa shape index (κ2) is 7.48. The van der Waals surface area contributed by atoms with Crippen molar-refractivity contribution in [1.29, 1.82) is 0 Å². The van der Waals surface area contributed by atoms with E-state index in [0.717, 1.165) is 4.31 Å². The molecule has 0 aromatic carbocycles. The Labute approximate surface area is 125 Å². The van der Waals surface area contributed by atoms with Crippen molar-refractivity contribution in [2.24, 2.45) is 5.73 Å². The van der Waals surface area contributed by atoms with Crippen molar-refractivity contribution in [3.8, 4) is 0 Å². The van der Waals surface area contributed by atoms with Crippen LogP contribution in [0.4, 0.5) is 0 Å². The van der Waals surface area contributed by atoms with Gasteiger partial charge >= 0.3 is 0 Å². The summed E-state index contributed by atoms with van der Waals surface area (Å²) >= 11 is 0. The van der Waals surface area contributed by atoms with Crippen LogP contribution in [0, 0.1) is 0 Å². The predicted octanol–water partition coefficient (Wildman–Crippen LogP) is 0.0292. The Kier molecular flexibility index (Phi) is 6.25. The number of carbonyl (C=O) groups is 1. The van der Waals surface area contributed by atoms with Crippen molar-refractivity contribution >= 4 is 15.9 Å². The molecule has 2 N–H and O–H groups in total. The largest absolute Gasteiger partial charge is 0.342 e. The second-order valence-electron chi connectivity index (χ2n) is 4.48. The Bertz CT molecular complexity index is 585. The van der Waals surface area contributed by atoms with Gasteiger partial charge in [-0.05, 0) is 26.0 Å². The highest BCUT2D eigenvalue weighted by Crippen LogP contribution is 2.17. The predicted molar refractivity (Wildman–Crippen MR) is 79.9 cm³/mol. The van der Waals surface area contributed by atoms with Gasteiger partial charge in [0.2, 0.25) is 15.9 Å². The summed E-state index contributed by atoms with van der Waals surface area (Å²) in [4.78, 5) is 17.6. The van der Waals surface area contributed by atoms with Crippen molar-refractivity contribution in [3.63, 3.8) is 0 Å². The number of pyridine rings is 1. The fourth-order valence-corrected chi connectivity index (χ4v) is 3.23. The van der Waals surface area contributed by atoms with Crippen molar-refractivity contribution in [2.45, 2.75) is 25.3 Å². The van der Waals surface area contributed by atoms with Gasteiger partial charge in [-0.2, -0.15) is 4.31 Å². The summed E-state index contributed by atoms with van der Waals surface area (Å²) < 4.78 is 26.0. The molecule has 0 bridgehead atoms. The average Bonchev–Trinajstić information content (AvgIpc) is 2.48. The molecule has 1 rings (SSSR count). The lowest BCUT2D eigenvalue weighted by Crippen LogP contribution is -2.41. The average molecular weight is 314 g/mol. The van der Waals surface area contributed by atoms with Gasteiger partial charge in [0.15, 0.2) is 0 Å². The summed E-state index contributed by atoms with van der Waals surface area (Å²) in [6.45, 7) is 4.61. The van der Waals surface area contributed by atoms with E-state index in [1.165, 1.54) is 25.4 Å². The molecule has 1 heterocycles. The molecule has 21 heavy (non-hydrogen) atoms. The van der Waals surface area contributed by atoms with Crippen LogP contribution in [0.2, 0.25) is 0 Å².